The summed E-state index contributed by atoms with van der Waals surface area (Å²) in [6.07, 6.45) is 0.827. The van der Waals surface area contributed by atoms with E-state index in [4.69, 9.17) is 4.84 Å². The Kier molecular flexibility index (Phi) is 4.29. The number of hydrogen-bond donors (Lipinski definition) is 1. The van der Waals surface area contributed by atoms with E-state index in [0.29, 0.717) is 5.69 Å². The summed E-state index contributed by atoms with van der Waals surface area (Å²) in [5, 5.41) is 13.5. The summed E-state index contributed by atoms with van der Waals surface area (Å²) in [5.41, 5.74) is 3.08. The van der Waals surface area contributed by atoms with Gasteiger partial charge in [-0.2, -0.15) is 4.68 Å². The lowest BCUT2D eigenvalue weighted by Gasteiger charge is -2.11. The van der Waals surface area contributed by atoms with Gasteiger partial charge in [-0.3, -0.25) is 0 Å². The van der Waals surface area contributed by atoms with E-state index in [0.717, 1.165) is 23.3 Å². The summed E-state index contributed by atoms with van der Waals surface area (Å²) in [4.78, 5) is 17.0. The highest BCUT2D eigenvalue weighted by atomic mass is 16.6. The van der Waals surface area contributed by atoms with Crippen LogP contribution in [0.4, 0.5) is 0 Å². The molecule has 7 heteroatoms. The molecule has 0 unspecified atom stereocenters. The average Bonchev–Trinajstić information content (AvgIpc) is 2.84. The molecule has 0 saturated heterocycles. The number of hydrogen-bond acceptors (Lipinski definition) is 5. The van der Waals surface area contributed by atoms with Gasteiger partial charge in [-0.1, -0.05) is 24.2 Å². The Labute approximate surface area is 116 Å². The Hall–Kier alpha value is -2.44. The van der Waals surface area contributed by atoms with E-state index < -0.39 is 0 Å². The van der Waals surface area contributed by atoms with Gasteiger partial charge in [0.2, 0.25) is 0 Å². The summed E-state index contributed by atoms with van der Waals surface area (Å²) in [6, 6.07) is 5.69. The van der Waals surface area contributed by atoms with Crippen molar-refractivity contribution in [1.82, 2.24) is 20.2 Å². The lowest BCUT2D eigenvalue weighted by Crippen LogP contribution is -2.18. The number of oxime groups is 1. The monoisotopic (exact) mass is 275 g/mol. The normalized spacial score (nSPS) is 10.3. The van der Waals surface area contributed by atoms with Crippen LogP contribution in [0.3, 0.4) is 0 Å². The van der Waals surface area contributed by atoms with Crippen LogP contribution in [-0.2, 0) is 17.9 Å². The highest BCUT2D eigenvalue weighted by molar-refractivity contribution is 5.78. The standard InChI is InChI=1S/C13H17N5O2/c1-4-10-6-5-7-12(18-13(19)14-16-17-18)11(10)8-20-15-9(2)3/h5-7H,4,8H2,1-3H3,(H,14,17,19). The van der Waals surface area contributed by atoms with Gasteiger partial charge in [0.25, 0.3) is 0 Å². The van der Waals surface area contributed by atoms with Gasteiger partial charge in [-0.15, -0.1) is 0 Å². The summed E-state index contributed by atoms with van der Waals surface area (Å²) >= 11 is 0. The van der Waals surface area contributed by atoms with Crippen LogP contribution in [0.1, 0.15) is 31.9 Å². The van der Waals surface area contributed by atoms with E-state index in [-0.39, 0.29) is 12.3 Å². The molecule has 20 heavy (non-hydrogen) atoms. The molecule has 0 amide bonds. The molecule has 0 atom stereocenters. The van der Waals surface area contributed by atoms with E-state index in [1.54, 1.807) is 0 Å². The van der Waals surface area contributed by atoms with Gasteiger partial charge in [0, 0.05) is 5.56 Å². The molecular weight excluding hydrogens is 258 g/mol. The third-order valence-electron chi connectivity index (χ3n) is 2.79. The second kappa shape index (κ2) is 6.14. The van der Waals surface area contributed by atoms with Crippen LogP contribution in [0.2, 0.25) is 0 Å². The predicted octanol–water partition coefficient (Wildman–Crippen LogP) is 1.43. The number of nitrogens with one attached hydrogen (secondary N) is 1. The number of H-pyrrole nitrogens is 1. The van der Waals surface area contributed by atoms with Crippen molar-refractivity contribution < 1.29 is 4.84 Å². The van der Waals surface area contributed by atoms with Crippen molar-refractivity contribution in [3.8, 4) is 5.69 Å². The van der Waals surface area contributed by atoms with Gasteiger partial charge in [-0.25, -0.2) is 9.89 Å². The molecule has 0 radical (unpaired) electrons. The number of tetrazole rings is 1. The largest absolute Gasteiger partial charge is 0.391 e. The molecule has 1 N–H and O–H groups in total. The Morgan fingerprint density at radius 2 is 2.25 bits per heavy atom. The molecule has 0 aliphatic carbocycles. The van der Waals surface area contributed by atoms with Crippen molar-refractivity contribution in [3.05, 3.63) is 39.8 Å². The number of nitrogens with zero attached hydrogens (tertiary/aromatic N) is 4. The molecule has 2 rings (SSSR count). The van der Waals surface area contributed by atoms with Gasteiger partial charge in [-0.05, 0) is 42.3 Å². The Bertz CT molecular complexity index is 667. The predicted molar refractivity (Wildman–Crippen MR) is 74.9 cm³/mol. The first-order valence-electron chi connectivity index (χ1n) is 6.38. The molecular formula is C13H17N5O2. The maximum absolute atomic E-state index is 11.7. The first-order chi connectivity index (χ1) is 9.63. The van der Waals surface area contributed by atoms with E-state index in [9.17, 15) is 4.79 Å². The minimum Gasteiger partial charge on any atom is -0.391 e. The van der Waals surface area contributed by atoms with E-state index in [1.807, 2.05) is 39.0 Å². The van der Waals surface area contributed by atoms with E-state index in [1.165, 1.54) is 4.68 Å². The van der Waals surface area contributed by atoms with Crippen LogP contribution >= 0.6 is 0 Å². The molecule has 7 nitrogen and oxygen atoms in total. The lowest BCUT2D eigenvalue weighted by atomic mass is 10.0. The highest BCUT2D eigenvalue weighted by Gasteiger charge is 2.13. The zero-order chi connectivity index (χ0) is 14.5. The number of aromatic amines is 1. The summed E-state index contributed by atoms with van der Waals surface area (Å²) in [6.45, 7) is 6.04. The lowest BCUT2D eigenvalue weighted by molar-refractivity contribution is 0.129. The second-order valence-electron chi connectivity index (χ2n) is 4.50. The summed E-state index contributed by atoms with van der Waals surface area (Å²) in [7, 11) is 0. The topological polar surface area (TPSA) is 85.2 Å². The highest BCUT2D eigenvalue weighted by Crippen LogP contribution is 2.19. The molecule has 2 aromatic rings. The Morgan fingerprint density at radius 3 is 2.85 bits per heavy atom. The van der Waals surface area contributed by atoms with Gasteiger partial charge < -0.3 is 4.84 Å². The molecule has 1 aromatic carbocycles. The smallest absolute Gasteiger partial charge is 0.365 e. The number of rotatable bonds is 5. The molecule has 106 valence electrons. The number of benzene rings is 1. The van der Waals surface area contributed by atoms with Crippen LogP contribution in [0.25, 0.3) is 5.69 Å². The second-order valence-corrected chi connectivity index (χ2v) is 4.50. The van der Waals surface area contributed by atoms with Crippen LogP contribution < -0.4 is 5.69 Å². The van der Waals surface area contributed by atoms with Crippen LogP contribution in [0, 0.1) is 0 Å². The SMILES string of the molecule is CCc1cccc(-n2nn[nH]c2=O)c1CON=C(C)C. The zero-order valence-corrected chi connectivity index (χ0v) is 11.8. The van der Waals surface area contributed by atoms with Crippen molar-refractivity contribution in [1.29, 1.82) is 0 Å². The van der Waals surface area contributed by atoms with Crippen LogP contribution in [0.15, 0.2) is 28.1 Å². The van der Waals surface area contributed by atoms with Gasteiger partial charge in [0.05, 0.1) is 11.4 Å². The maximum Gasteiger partial charge on any atom is 0.365 e. The third-order valence-corrected chi connectivity index (χ3v) is 2.79. The molecule has 0 saturated carbocycles. The van der Waals surface area contributed by atoms with E-state index in [2.05, 4.69) is 20.7 Å². The van der Waals surface area contributed by atoms with Crippen molar-refractivity contribution in [2.45, 2.75) is 33.8 Å². The molecule has 0 aliphatic heterocycles. The maximum atomic E-state index is 11.7. The van der Waals surface area contributed by atoms with Crippen molar-refractivity contribution in [2.75, 3.05) is 0 Å². The summed E-state index contributed by atoms with van der Waals surface area (Å²) in [5.74, 6) is 0. The fourth-order valence-electron chi connectivity index (χ4n) is 1.90. The molecule has 0 spiro atoms. The molecule has 1 aromatic heterocycles. The van der Waals surface area contributed by atoms with Crippen molar-refractivity contribution in [2.24, 2.45) is 5.16 Å². The van der Waals surface area contributed by atoms with Gasteiger partial charge in [0.1, 0.15) is 6.61 Å². The quantitative estimate of drug-likeness (QED) is 0.660. The van der Waals surface area contributed by atoms with E-state index >= 15 is 0 Å². The first kappa shape index (κ1) is 14.0. The molecule has 0 aliphatic rings. The van der Waals surface area contributed by atoms with Crippen LogP contribution in [0.5, 0.6) is 0 Å². The number of aromatic nitrogens is 4. The zero-order valence-electron chi connectivity index (χ0n) is 11.8. The number of aryl methyl sites for hydroxylation is 1. The fraction of sp³-hybridized carbons (Fsp3) is 0.385. The minimum absolute atomic E-state index is 0.282. The molecule has 1 heterocycles. The van der Waals surface area contributed by atoms with Crippen LogP contribution in [-0.4, -0.2) is 25.9 Å². The van der Waals surface area contributed by atoms with Crippen molar-refractivity contribution in [3.63, 3.8) is 0 Å². The van der Waals surface area contributed by atoms with Gasteiger partial charge >= 0.3 is 5.69 Å². The Morgan fingerprint density at radius 1 is 1.45 bits per heavy atom. The molecule has 0 bridgehead atoms. The summed E-state index contributed by atoms with van der Waals surface area (Å²) < 4.78 is 1.22. The van der Waals surface area contributed by atoms with Crippen molar-refractivity contribution >= 4 is 5.71 Å². The minimum atomic E-state index is -0.380. The molecule has 0 fully saturated rings. The van der Waals surface area contributed by atoms with Gasteiger partial charge in [0.15, 0.2) is 0 Å². The Balaban J connectivity index is 2.44. The fourth-order valence-corrected chi connectivity index (χ4v) is 1.90. The third kappa shape index (κ3) is 2.93. The first-order valence-corrected chi connectivity index (χ1v) is 6.38. The average molecular weight is 275 g/mol.